The summed E-state index contributed by atoms with van der Waals surface area (Å²) in [5.41, 5.74) is 0. The van der Waals surface area contributed by atoms with Gasteiger partial charge in [-0.25, -0.2) is 4.98 Å². The molecule has 35 valence electrons. The van der Waals surface area contributed by atoms with Crippen LogP contribution in [0.5, 0.6) is 0 Å². The van der Waals surface area contributed by atoms with Crippen LogP contribution >= 0.6 is 0 Å². The average Bonchev–Trinajstić information content (AvgIpc) is 1.76. The predicted molar refractivity (Wildman–Crippen MR) is 18.6 cm³/mol. The summed E-state index contributed by atoms with van der Waals surface area (Å²) in [5.74, 6) is 0. The van der Waals surface area contributed by atoms with Crippen LogP contribution in [0, 0.1) is 40.4 Å². The molecule has 0 amide bonds. The Morgan fingerprint density at radius 1 is 1.43 bits per heavy atom. The van der Waals surface area contributed by atoms with E-state index in [1.54, 1.807) is 18.7 Å². The van der Waals surface area contributed by atoms with Gasteiger partial charge in [0.2, 0.25) is 0 Å². The molecule has 0 aliphatic heterocycles. The molecule has 0 aliphatic rings. The van der Waals surface area contributed by atoms with Gasteiger partial charge < -0.3 is 4.98 Å². The molecule has 2 nitrogen and oxygen atoms in total. The molecule has 1 aromatic heterocycles. The molecule has 0 bridgehead atoms. The van der Waals surface area contributed by atoms with Crippen LogP contribution in [0.1, 0.15) is 0 Å². The summed E-state index contributed by atoms with van der Waals surface area (Å²) in [6, 6.07) is 0. The number of aromatic amines is 1. The molecule has 4 heteroatoms. The summed E-state index contributed by atoms with van der Waals surface area (Å²) in [4.78, 5) is 6.42. The van der Waals surface area contributed by atoms with Crippen molar-refractivity contribution >= 4 is 0 Å². The van der Waals surface area contributed by atoms with Gasteiger partial charge in [-0.2, -0.15) is 0 Å². The molecule has 1 aromatic rings. The van der Waals surface area contributed by atoms with Crippen LogP contribution < -0.4 is 0 Å². The van der Waals surface area contributed by atoms with Crippen molar-refractivity contribution in [1.29, 1.82) is 0 Å². The fraction of sp³-hybridized carbons (Fsp3) is 0. The second-order valence-electron chi connectivity index (χ2n) is 0.761. The largest absolute Gasteiger partial charge is 0.351 e. The normalized spacial score (nSPS) is 5.71. The first-order chi connectivity index (χ1) is 2.50. The molecule has 7 heavy (non-hydrogen) atoms. The van der Waals surface area contributed by atoms with Gasteiger partial charge in [0.25, 0.3) is 0 Å². The molecule has 0 aliphatic carbocycles. The van der Waals surface area contributed by atoms with Crippen molar-refractivity contribution in [3.05, 3.63) is 18.7 Å². The van der Waals surface area contributed by atoms with Gasteiger partial charge in [0.15, 0.2) is 0 Å². The van der Waals surface area contributed by atoms with E-state index in [4.69, 9.17) is 0 Å². The number of rotatable bonds is 0. The van der Waals surface area contributed by atoms with Crippen LogP contribution in [-0.4, -0.2) is 9.97 Å². The standard InChI is InChI=1S/C3H4N2.Sm.Y/c1-2-5-3-4-1;;/h1-3H,(H,4,5);;. The second-order valence-corrected chi connectivity index (χ2v) is 0.761. The maximum absolute atomic E-state index is 3.67. The summed E-state index contributed by atoms with van der Waals surface area (Å²) in [6.07, 6.45) is 5.08. The number of hydrogen-bond donors (Lipinski definition) is 1. The van der Waals surface area contributed by atoms with Gasteiger partial charge in [0, 0.05) is 85.5 Å². The van der Waals surface area contributed by atoms with E-state index in [0.29, 0.717) is 0 Å². The Hall–Kier alpha value is 1.65. The van der Waals surface area contributed by atoms with Crippen LogP contribution in [0.4, 0.5) is 0 Å². The van der Waals surface area contributed by atoms with E-state index < -0.39 is 0 Å². The van der Waals surface area contributed by atoms with E-state index in [2.05, 4.69) is 9.97 Å². The van der Waals surface area contributed by atoms with Crippen molar-refractivity contribution in [2.75, 3.05) is 0 Å². The van der Waals surface area contributed by atoms with Gasteiger partial charge >= 0.3 is 0 Å². The van der Waals surface area contributed by atoms with Gasteiger partial charge in [0.1, 0.15) is 0 Å². The summed E-state index contributed by atoms with van der Waals surface area (Å²) in [5, 5.41) is 0. The van der Waals surface area contributed by atoms with Crippen molar-refractivity contribution in [3.8, 4) is 0 Å². The van der Waals surface area contributed by atoms with Crippen molar-refractivity contribution in [3.63, 3.8) is 0 Å². The molecule has 0 saturated heterocycles. The second kappa shape index (κ2) is 7.65. The van der Waals surface area contributed by atoms with Crippen LogP contribution in [0.2, 0.25) is 0 Å². The number of aromatic nitrogens is 2. The quantitative estimate of drug-likeness (QED) is 0.739. The van der Waals surface area contributed by atoms with Gasteiger partial charge in [0.05, 0.1) is 6.33 Å². The van der Waals surface area contributed by atoms with Crippen LogP contribution in [0.3, 0.4) is 0 Å². The van der Waals surface area contributed by atoms with Crippen molar-refractivity contribution < 1.29 is 73.1 Å². The molecule has 1 heterocycles. The number of imidazole rings is 1. The topological polar surface area (TPSA) is 28.7 Å². The molecular formula is C3H4N2SmY. The Balaban J connectivity index is 0. The third kappa shape index (κ3) is 5.52. The third-order valence-electron chi connectivity index (χ3n) is 0.406. The number of nitrogens with one attached hydrogen (secondary N) is 1. The Morgan fingerprint density at radius 2 is 2.14 bits per heavy atom. The molecule has 0 aromatic carbocycles. The Morgan fingerprint density at radius 3 is 2.29 bits per heavy atom. The maximum Gasteiger partial charge on any atom is 0.0919 e. The minimum atomic E-state index is 0. The van der Waals surface area contributed by atoms with E-state index in [0.717, 1.165) is 0 Å². The first-order valence-electron chi connectivity index (χ1n) is 1.43. The molecular weight excluding hydrogens is 303 g/mol. The van der Waals surface area contributed by atoms with Crippen molar-refractivity contribution in [2.24, 2.45) is 0 Å². The molecule has 1 rings (SSSR count). The third-order valence-corrected chi connectivity index (χ3v) is 0.406. The molecule has 0 atom stereocenters. The molecule has 1 N–H and O–H groups in total. The molecule has 0 saturated carbocycles. The average molecular weight is 307 g/mol. The summed E-state index contributed by atoms with van der Waals surface area (Å²) in [6.45, 7) is 0. The summed E-state index contributed by atoms with van der Waals surface area (Å²) in [7, 11) is 0. The Kier molecular flexibility index (Phi) is 12.5. The fourth-order valence-electron chi connectivity index (χ4n) is 0.215. The van der Waals surface area contributed by atoms with Crippen LogP contribution in [-0.2, 0) is 32.7 Å². The molecule has 0 fully saturated rings. The first-order valence-corrected chi connectivity index (χ1v) is 1.43. The minimum absolute atomic E-state index is 0. The van der Waals surface area contributed by atoms with Gasteiger partial charge in [-0.3, -0.25) is 0 Å². The van der Waals surface area contributed by atoms with E-state index >= 15 is 0 Å². The minimum Gasteiger partial charge on any atom is -0.351 e. The van der Waals surface area contributed by atoms with E-state index in [1.165, 1.54) is 0 Å². The van der Waals surface area contributed by atoms with E-state index in [9.17, 15) is 0 Å². The van der Waals surface area contributed by atoms with E-state index in [1.807, 2.05) is 0 Å². The van der Waals surface area contributed by atoms with Gasteiger partial charge in [-0.15, -0.1) is 0 Å². The van der Waals surface area contributed by atoms with Crippen molar-refractivity contribution in [1.82, 2.24) is 9.97 Å². The zero-order chi connectivity index (χ0) is 3.54. The van der Waals surface area contributed by atoms with Crippen LogP contribution in [0.15, 0.2) is 18.7 Å². The maximum atomic E-state index is 3.67. The van der Waals surface area contributed by atoms with Crippen LogP contribution in [0.25, 0.3) is 0 Å². The SMILES string of the molecule is [Sm].[Y].c1c[nH]cn1. The summed E-state index contributed by atoms with van der Waals surface area (Å²) < 4.78 is 0. The smallest absolute Gasteiger partial charge is 0.0919 e. The first kappa shape index (κ1) is 11.4. The van der Waals surface area contributed by atoms with Gasteiger partial charge in [-0.1, -0.05) is 0 Å². The molecule has 0 spiro atoms. The molecule has 0 unspecified atom stereocenters. The number of H-pyrrole nitrogens is 1. The fourth-order valence-corrected chi connectivity index (χ4v) is 0.215. The monoisotopic (exact) mass is 309 g/mol. The van der Waals surface area contributed by atoms with Gasteiger partial charge in [-0.05, 0) is 0 Å². The Labute approximate surface area is 99.9 Å². The predicted octanol–water partition coefficient (Wildman–Crippen LogP) is 0.407. The molecule has 1 radical (unpaired) electrons. The van der Waals surface area contributed by atoms with E-state index in [-0.39, 0.29) is 73.1 Å². The summed E-state index contributed by atoms with van der Waals surface area (Å²) >= 11 is 0. The zero-order valence-corrected chi connectivity index (χ0v) is 9.12. The number of hydrogen-bond acceptors (Lipinski definition) is 1. The number of nitrogens with zero attached hydrogens (tertiary/aromatic N) is 1. The zero-order valence-electron chi connectivity index (χ0n) is 3.66. The van der Waals surface area contributed by atoms with Crippen molar-refractivity contribution in [2.45, 2.75) is 0 Å². The Bertz CT molecular complexity index is 69.4.